The molecule has 0 aliphatic rings. The number of ether oxygens (including phenoxy) is 1. The summed E-state index contributed by atoms with van der Waals surface area (Å²) in [5.41, 5.74) is 4.14. The molecule has 142 valence electrons. The maximum absolute atomic E-state index is 12.9. The summed E-state index contributed by atoms with van der Waals surface area (Å²) in [5.74, 6) is 0.359. The zero-order chi connectivity index (χ0) is 19.5. The molecule has 0 aliphatic carbocycles. The highest BCUT2D eigenvalue weighted by atomic mass is 32.2. The monoisotopic (exact) mass is 376 g/mol. The van der Waals surface area contributed by atoms with Gasteiger partial charge in [-0.2, -0.15) is 0 Å². The van der Waals surface area contributed by atoms with Crippen molar-refractivity contribution in [3.63, 3.8) is 0 Å². The molecule has 2 aromatic carbocycles. The molecular weight excluding hydrogens is 348 g/mol. The molecule has 0 unspecified atom stereocenters. The van der Waals surface area contributed by atoms with Gasteiger partial charge in [-0.1, -0.05) is 29.8 Å². The molecule has 0 amide bonds. The number of nitrogens with one attached hydrogen (secondary N) is 1. The first-order valence-electron chi connectivity index (χ1n) is 8.53. The average molecular weight is 377 g/mol. The van der Waals surface area contributed by atoms with Gasteiger partial charge in [-0.05, 0) is 63.7 Å². The quantitative estimate of drug-likeness (QED) is 0.806. The fourth-order valence-corrected chi connectivity index (χ4v) is 4.06. The van der Waals surface area contributed by atoms with Crippen molar-refractivity contribution in [1.29, 1.82) is 0 Å². The molecule has 0 aliphatic heterocycles. The van der Waals surface area contributed by atoms with E-state index in [1.165, 1.54) is 12.7 Å². The molecule has 0 heterocycles. The Hall–Kier alpha value is -1.89. The van der Waals surface area contributed by atoms with Gasteiger partial charge in [-0.25, -0.2) is 13.1 Å². The molecular formula is C20H28N2O3S. The molecule has 0 spiro atoms. The highest BCUT2D eigenvalue weighted by Crippen LogP contribution is 2.28. The van der Waals surface area contributed by atoms with Gasteiger partial charge in [0.15, 0.2) is 0 Å². The Morgan fingerprint density at radius 2 is 1.62 bits per heavy atom. The first kappa shape index (κ1) is 20.4. The van der Waals surface area contributed by atoms with Crippen LogP contribution in [0, 0.1) is 20.8 Å². The average Bonchev–Trinajstić information content (AvgIpc) is 2.58. The second kappa shape index (κ2) is 8.20. The van der Waals surface area contributed by atoms with Crippen molar-refractivity contribution in [3.8, 4) is 5.75 Å². The van der Waals surface area contributed by atoms with Crippen LogP contribution in [0.1, 0.15) is 28.3 Å². The minimum atomic E-state index is -3.69. The molecule has 2 rings (SSSR count). The molecule has 0 aromatic heterocycles. The number of likely N-dealkylation sites (N-methyl/N-ethyl adjacent to an activating group) is 1. The number of nitrogens with zero attached hydrogens (tertiary/aromatic N) is 1. The van der Waals surface area contributed by atoms with E-state index in [1.54, 1.807) is 12.1 Å². The number of sulfonamides is 1. The van der Waals surface area contributed by atoms with Gasteiger partial charge < -0.3 is 9.64 Å². The summed E-state index contributed by atoms with van der Waals surface area (Å²) < 4.78 is 33.8. The van der Waals surface area contributed by atoms with E-state index in [0.717, 1.165) is 16.7 Å². The molecule has 0 radical (unpaired) electrons. The van der Waals surface area contributed by atoms with E-state index >= 15 is 0 Å². The van der Waals surface area contributed by atoms with Crippen molar-refractivity contribution in [3.05, 3.63) is 58.7 Å². The Balaban J connectivity index is 2.28. The van der Waals surface area contributed by atoms with E-state index < -0.39 is 10.0 Å². The summed E-state index contributed by atoms with van der Waals surface area (Å²) in [6.45, 7) is 6.13. The fourth-order valence-electron chi connectivity index (χ4n) is 2.79. The molecule has 0 saturated heterocycles. The second-order valence-electron chi connectivity index (χ2n) is 6.83. The molecule has 26 heavy (non-hydrogen) atoms. The number of hydrogen-bond donors (Lipinski definition) is 1. The van der Waals surface area contributed by atoms with E-state index in [4.69, 9.17) is 4.74 Å². The number of benzene rings is 2. The molecule has 5 nitrogen and oxygen atoms in total. The lowest BCUT2D eigenvalue weighted by molar-refractivity contribution is 0.299. The lowest BCUT2D eigenvalue weighted by atomic mass is 10.0. The highest BCUT2D eigenvalue weighted by molar-refractivity contribution is 7.89. The first-order chi connectivity index (χ1) is 12.2. The Kier molecular flexibility index (Phi) is 6.44. The molecule has 2 aromatic rings. The van der Waals surface area contributed by atoms with Crippen molar-refractivity contribution in [2.45, 2.75) is 31.7 Å². The topological polar surface area (TPSA) is 58.6 Å². The third-order valence-corrected chi connectivity index (χ3v) is 6.07. The van der Waals surface area contributed by atoms with Gasteiger partial charge in [-0.3, -0.25) is 0 Å². The zero-order valence-electron chi connectivity index (χ0n) is 16.3. The van der Waals surface area contributed by atoms with Crippen LogP contribution < -0.4 is 9.46 Å². The maximum Gasteiger partial charge on any atom is 0.244 e. The van der Waals surface area contributed by atoms with E-state index in [-0.39, 0.29) is 17.5 Å². The number of rotatable bonds is 7. The highest BCUT2D eigenvalue weighted by Gasteiger charge is 2.23. The predicted molar refractivity (Wildman–Crippen MR) is 105 cm³/mol. The zero-order valence-corrected chi connectivity index (χ0v) is 17.1. The van der Waals surface area contributed by atoms with Crippen LogP contribution >= 0.6 is 0 Å². The Bertz CT molecular complexity index is 859. The predicted octanol–water partition coefficient (Wildman–Crippen LogP) is 3.20. The van der Waals surface area contributed by atoms with Crippen molar-refractivity contribution in [1.82, 2.24) is 9.62 Å². The van der Waals surface area contributed by atoms with Gasteiger partial charge in [0.05, 0.1) is 7.11 Å². The summed E-state index contributed by atoms with van der Waals surface area (Å²) in [5, 5.41) is 0. The lowest BCUT2D eigenvalue weighted by Gasteiger charge is -2.25. The molecule has 1 atom stereocenters. The van der Waals surface area contributed by atoms with E-state index in [2.05, 4.69) is 4.72 Å². The third kappa shape index (κ3) is 4.63. The molecule has 0 fully saturated rings. The van der Waals surface area contributed by atoms with E-state index in [9.17, 15) is 8.42 Å². The summed E-state index contributed by atoms with van der Waals surface area (Å²) >= 11 is 0. The summed E-state index contributed by atoms with van der Waals surface area (Å²) in [4.78, 5) is 2.18. The van der Waals surface area contributed by atoms with Crippen LogP contribution in [-0.2, 0) is 10.0 Å². The fraction of sp³-hybridized carbons (Fsp3) is 0.400. The molecule has 0 saturated carbocycles. The van der Waals surface area contributed by atoms with E-state index in [0.29, 0.717) is 5.75 Å². The van der Waals surface area contributed by atoms with Gasteiger partial charge in [0, 0.05) is 12.6 Å². The van der Waals surface area contributed by atoms with Crippen LogP contribution in [-0.4, -0.2) is 41.1 Å². The van der Waals surface area contributed by atoms with E-state index in [1.807, 2.05) is 64.0 Å². The third-order valence-electron chi connectivity index (χ3n) is 4.62. The maximum atomic E-state index is 12.9. The molecule has 6 heteroatoms. The molecule has 1 N–H and O–H groups in total. The minimum absolute atomic E-state index is 0.0667. The minimum Gasteiger partial charge on any atom is -0.495 e. The number of aryl methyl sites for hydroxylation is 3. The van der Waals surface area contributed by atoms with Crippen molar-refractivity contribution < 1.29 is 13.2 Å². The van der Waals surface area contributed by atoms with Crippen LogP contribution in [0.15, 0.2) is 41.3 Å². The summed E-state index contributed by atoms with van der Waals surface area (Å²) in [6, 6.07) is 11.5. The normalized spacial score (nSPS) is 13.0. The van der Waals surface area contributed by atoms with Gasteiger partial charge in [0.2, 0.25) is 10.0 Å². The summed E-state index contributed by atoms with van der Waals surface area (Å²) in [6.07, 6.45) is 0. The van der Waals surface area contributed by atoms with Gasteiger partial charge in [-0.15, -0.1) is 0 Å². The van der Waals surface area contributed by atoms with Gasteiger partial charge >= 0.3 is 0 Å². The number of methoxy groups -OCH3 is 1. The van der Waals surface area contributed by atoms with Crippen LogP contribution in [0.25, 0.3) is 0 Å². The van der Waals surface area contributed by atoms with Crippen LogP contribution in [0.5, 0.6) is 5.75 Å². The Morgan fingerprint density at radius 1 is 1.04 bits per heavy atom. The van der Waals surface area contributed by atoms with Gasteiger partial charge in [0.1, 0.15) is 10.6 Å². The standard InChI is InChI=1S/C20H28N2O3S/c1-14-7-9-17(10-8-14)18(22(4)5)13-21-26(23,24)20-12-16(3)15(2)11-19(20)25-6/h7-12,18,21H,13H2,1-6H3/t18-/m0/s1. The van der Waals surface area contributed by atoms with Crippen LogP contribution in [0.4, 0.5) is 0 Å². The smallest absolute Gasteiger partial charge is 0.244 e. The second-order valence-corrected chi connectivity index (χ2v) is 8.56. The van der Waals surface area contributed by atoms with Gasteiger partial charge in [0.25, 0.3) is 0 Å². The number of hydrogen-bond acceptors (Lipinski definition) is 4. The van der Waals surface area contributed by atoms with Crippen LogP contribution in [0.2, 0.25) is 0 Å². The van der Waals surface area contributed by atoms with Crippen molar-refractivity contribution in [2.75, 3.05) is 27.7 Å². The SMILES string of the molecule is COc1cc(C)c(C)cc1S(=O)(=O)NC[C@@H](c1ccc(C)cc1)N(C)C. The van der Waals surface area contributed by atoms with Crippen molar-refractivity contribution >= 4 is 10.0 Å². The Morgan fingerprint density at radius 3 is 2.15 bits per heavy atom. The molecule has 0 bridgehead atoms. The lowest BCUT2D eigenvalue weighted by Crippen LogP contribution is -2.34. The first-order valence-corrected chi connectivity index (χ1v) is 10.0. The van der Waals surface area contributed by atoms with Crippen molar-refractivity contribution in [2.24, 2.45) is 0 Å². The van der Waals surface area contributed by atoms with Crippen LogP contribution in [0.3, 0.4) is 0 Å². The largest absolute Gasteiger partial charge is 0.495 e. The Labute approximate surface area is 157 Å². The summed E-state index contributed by atoms with van der Waals surface area (Å²) in [7, 11) is 1.68.